The molecule has 102 valence electrons. The molecule has 3 rings (SSSR count). The highest BCUT2D eigenvalue weighted by molar-refractivity contribution is 5.84. The molecule has 0 saturated heterocycles. The van der Waals surface area contributed by atoms with Crippen LogP contribution >= 0.6 is 0 Å². The molecule has 0 fully saturated rings. The Morgan fingerprint density at radius 1 is 1.20 bits per heavy atom. The van der Waals surface area contributed by atoms with Gasteiger partial charge in [0.15, 0.2) is 0 Å². The van der Waals surface area contributed by atoms with E-state index in [4.69, 9.17) is 0 Å². The molecule has 1 N–H and O–H groups in total. The van der Waals surface area contributed by atoms with E-state index >= 15 is 0 Å². The molecule has 1 unspecified atom stereocenters. The molecule has 4 nitrogen and oxygen atoms in total. The van der Waals surface area contributed by atoms with Crippen LogP contribution in [0.4, 0.5) is 0 Å². The highest BCUT2D eigenvalue weighted by Gasteiger charge is 2.04. The third kappa shape index (κ3) is 2.86. The number of hydrogen-bond acceptors (Lipinski definition) is 3. The van der Waals surface area contributed by atoms with Crippen molar-refractivity contribution in [3.63, 3.8) is 0 Å². The molecule has 0 saturated carbocycles. The summed E-state index contributed by atoms with van der Waals surface area (Å²) in [6.45, 7) is 3.97. The van der Waals surface area contributed by atoms with Crippen LogP contribution in [-0.4, -0.2) is 20.6 Å². The quantitative estimate of drug-likeness (QED) is 0.772. The van der Waals surface area contributed by atoms with E-state index in [2.05, 4.69) is 51.0 Å². The van der Waals surface area contributed by atoms with Gasteiger partial charge in [0.2, 0.25) is 0 Å². The maximum Gasteiger partial charge on any atom is 0.0946 e. The van der Waals surface area contributed by atoms with Gasteiger partial charge >= 0.3 is 0 Å². The van der Waals surface area contributed by atoms with Gasteiger partial charge in [0.25, 0.3) is 0 Å². The number of pyridine rings is 1. The number of fused-ring (bicyclic) bond motifs is 1. The average Bonchev–Trinajstić information content (AvgIpc) is 2.98. The van der Waals surface area contributed by atoms with Crippen molar-refractivity contribution in [1.29, 1.82) is 0 Å². The van der Waals surface area contributed by atoms with Gasteiger partial charge in [-0.2, -0.15) is 0 Å². The SMILES string of the molecule is CC(Cn1ccnc1)NCc1cccc2cnccc12. The zero-order valence-electron chi connectivity index (χ0n) is 11.5. The topological polar surface area (TPSA) is 42.7 Å². The van der Waals surface area contributed by atoms with Crippen LogP contribution in [-0.2, 0) is 13.1 Å². The van der Waals surface area contributed by atoms with E-state index in [1.807, 2.05) is 31.1 Å². The van der Waals surface area contributed by atoms with Crippen molar-refractivity contribution in [3.05, 3.63) is 60.9 Å². The molecular weight excluding hydrogens is 248 g/mol. The van der Waals surface area contributed by atoms with Gasteiger partial charge in [0.1, 0.15) is 0 Å². The van der Waals surface area contributed by atoms with Crippen molar-refractivity contribution >= 4 is 10.8 Å². The van der Waals surface area contributed by atoms with Crippen molar-refractivity contribution < 1.29 is 0 Å². The van der Waals surface area contributed by atoms with Crippen LogP contribution < -0.4 is 5.32 Å². The molecule has 0 aliphatic heterocycles. The summed E-state index contributed by atoms with van der Waals surface area (Å²) in [5, 5.41) is 6.02. The predicted molar refractivity (Wildman–Crippen MR) is 80.3 cm³/mol. The lowest BCUT2D eigenvalue weighted by molar-refractivity contribution is 0.477. The molecule has 20 heavy (non-hydrogen) atoms. The van der Waals surface area contributed by atoms with Gasteiger partial charge < -0.3 is 9.88 Å². The van der Waals surface area contributed by atoms with Gasteiger partial charge in [-0.3, -0.25) is 4.98 Å². The minimum absolute atomic E-state index is 0.390. The molecule has 2 heterocycles. The smallest absolute Gasteiger partial charge is 0.0946 e. The zero-order chi connectivity index (χ0) is 13.8. The Morgan fingerprint density at radius 3 is 3.00 bits per heavy atom. The first-order valence-electron chi connectivity index (χ1n) is 6.83. The number of imidazole rings is 1. The van der Waals surface area contributed by atoms with Crippen LogP contribution in [0.5, 0.6) is 0 Å². The Morgan fingerprint density at radius 2 is 2.15 bits per heavy atom. The van der Waals surface area contributed by atoms with Gasteiger partial charge in [-0.05, 0) is 23.9 Å². The largest absolute Gasteiger partial charge is 0.336 e. The fraction of sp³-hybridized carbons (Fsp3) is 0.250. The van der Waals surface area contributed by atoms with E-state index in [9.17, 15) is 0 Å². The summed E-state index contributed by atoms with van der Waals surface area (Å²) < 4.78 is 2.09. The molecule has 0 bridgehead atoms. The van der Waals surface area contributed by atoms with Crippen molar-refractivity contribution in [3.8, 4) is 0 Å². The second kappa shape index (κ2) is 5.84. The molecule has 0 spiro atoms. The Hall–Kier alpha value is -2.20. The van der Waals surface area contributed by atoms with E-state index in [1.54, 1.807) is 0 Å². The molecule has 1 aromatic carbocycles. The number of benzene rings is 1. The number of nitrogens with zero attached hydrogens (tertiary/aromatic N) is 3. The maximum absolute atomic E-state index is 4.17. The number of rotatable bonds is 5. The van der Waals surface area contributed by atoms with Gasteiger partial charge in [-0.15, -0.1) is 0 Å². The average molecular weight is 266 g/mol. The summed E-state index contributed by atoms with van der Waals surface area (Å²) in [5.74, 6) is 0. The molecule has 0 aliphatic carbocycles. The Labute approximate surface area is 118 Å². The van der Waals surface area contributed by atoms with Crippen LogP contribution in [0.25, 0.3) is 10.8 Å². The second-order valence-corrected chi connectivity index (χ2v) is 5.06. The van der Waals surface area contributed by atoms with Crippen LogP contribution in [0.3, 0.4) is 0 Å². The Balaban J connectivity index is 1.67. The van der Waals surface area contributed by atoms with Crippen LogP contribution in [0, 0.1) is 0 Å². The van der Waals surface area contributed by atoms with Gasteiger partial charge in [0, 0.05) is 49.3 Å². The maximum atomic E-state index is 4.17. The summed E-state index contributed by atoms with van der Waals surface area (Å²) in [6, 6.07) is 8.82. The summed E-state index contributed by atoms with van der Waals surface area (Å²) >= 11 is 0. The van der Waals surface area contributed by atoms with Crippen molar-refractivity contribution in [2.75, 3.05) is 0 Å². The number of nitrogens with one attached hydrogen (secondary N) is 1. The first kappa shape index (κ1) is 12.8. The normalized spacial score (nSPS) is 12.7. The summed E-state index contributed by atoms with van der Waals surface area (Å²) in [7, 11) is 0. The lowest BCUT2D eigenvalue weighted by Crippen LogP contribution is -2.29. The van der Waals surface area contributed by atoms with Crippen LogP contribution in [0.15, 0.2) is 55.4 Å². The molecule has 0 radical (unpaired) electrons. The fourth-order valence-electron chi connectivity index (χ4n) is 2.40. The predicted octanol–water partition coefficient (Wildman–Crippen LogP) is 2.61. The van der Waals surface area contributed by atoms with Crippen molar-refractivity contribution in [2.45, 2.75) is 26.1 Å². The minimum Gasteiger partial charge on any atom is -0.336 e. The highest BCUT2D eigenvalue weighted by Crippen LogP contribution is 2.17. The summed E-state index contributed by atoms with van der Waals surface area (Å²) in [5.41, 5.74) is 1.31. The highest BCUT2D eigenvalue weighted by atomic mass is 15.1. The number of hydrogen-bond donors (Lipinski definition) is 1. The van der Waals surface area contributed by atoms with Gasteiger partial charge in [-0.1, -0.05) is 18.2 Å². The second-order valence-electron chi connectivity index (χ2n) is 5.06. The molecule has 4 heteroatoms. The molecule has 2 aromatic heterocycles. The molecule has 1 atom stereocenters. The van der Waals surface area contributed by atoms with Gasteiger partial charge in [0.05, 0.1) is 6.33 Å². The first-order chi connectivity index (χ1) is 9.83. The van der Waals surface area contributed by atoms with Crippen molar-refractivity contribution in [1.82, 2.24) is 19.9 Å². The standard InChI is InChI=1S/C16H18N4/c1-13(11-20-8-7-18-12-20)19-10-15-4-2-3-14-9-17-6-5-16(14)15/h2-9,12-13,19H,10-11H2,1H3. The summed E-state index contributed by atoms with van der Waals surface area (Å²) in [6.07, 6.45) is 9.41. The molecule has 0 aliphatic rings. The van der Waals surface area contributed by atoms with Gasteiger partial charge in [-0.25, -0.2) is 4.98 Å². The number of aromatic nitrogens is 3. The minimum atomic E-state index is 0.390. The molecular formula is C16H18N4. The Bertz CT molecular complexity index is 671. The van der Waals surface area contributed by atoms with E-state index in [1.165, 1.54) is 16.3 Å². The Kier molecular flexibility index (Phi) is 3.74. The first-order valence-corrected chi connectivity index (χ1v) is 6.83. The fourth-order valence-corrected chi connectivity index (χ4v) is 2.40. The van der Waals surface area contributed by atoms with Crippen LogP contribution in [0.1, 0.15) is 12.5 Å². The van der Waals surface area contributed by atoms with Crippen LogP contribution in [0.2, 0.25) is 0 Å². The third-order valence-corrected chi connectivity index (χ3v) is 3.46. The van der Waals surface area contributed by atoms with E-state index in [0.29, 0.717) is 6.04 Å². The van der Waals surface area contributed by atoms with E-state index < -0.39 is 0 Å². The molecule has 3 aromatic rings. The zero-order valence-corrected chi connectivity index (χ0v) is 11.5. The molecule has 0 amide bonds. The third-order valence-electron chi connectivity index (χ3n) is 3.46. The lowest BCUT2D eigenvalue weighted by Gasteiger charge is -2.15. The van der Waals surface area contributed by atoms with E-state index in [-0.39, 0.29) is 0 Å². The van der Waals surface area contributed by atoms with Crippen molar-refractivity contribution in [2.24, 2.45) is 0 Å². The summed E-state index contributed by atoms with van der Waals surface area (Å²) in [4.78, 5) is 8.23. The lowest BCUT2D eigenvalue weighted by atomic mass is 10.1. The monoisotopic (exact) mass is 266 g/mol. The van der Waals surface area contributed by atoms with E-state index in [0.717, 1.165) is 13.1 Å².